The standard InChI is InChI=1S/C20H19ClFN3O2S2/c1-2-27-19(26)17-16(15-11-5-3-4-6-14(11)29-18(15)24-17)25-20(28)23-10-7-8-13(22)12(21)9-10/h7-9,24H,2-6H2,1H3,(H2,23,25,28). The molecule has 3 N–H and O–H groups in total. The number of benzene rings is 1. The van der Waals surface area contributed by atoms with E-state index in [1.54, 1.807) is 24.3 Å². The van der Waals surface area contributed by atoms with Crippen molar-refractivity contribution in [2.24, 2.45) is 0 Å². The molecule has 29 heavy (non-hydrogen) atoms. The molecular weight excluding hydrogens is 433 g/mol. The summed E-state index contributed by atoms with van der Waals surface area (Å²) in [6.45, 7) is 2.04. The summed E-state index contributed by atoms with van der Waals surface area (Å²) in [4.78, 5) is 18.0. The Kier molecular flexibility index (Phi) is 5.76. The lowest BCUT2D eigenvalue weighted by atomic mass is 9.96. The predicted octanol–water partition coefficient (Wildman–Crippen LogP) is 5.89. The maximum atomic E-state index is 13.4. The van der Waals surface area contributed by atoms with Crippen molar-refractivity contribution in [2.45, 2.75) is 32.6 Å². The van der Waals surface area contributed by atoms with E-state index in [0.717, 1.165) is 29.5 Å². The summed E-state index contributed by atoms with van der Waals surface area (Å²) in [5.41, 5.74) is 2.77. The van der Waals surface area contributed by atoms with Crippen LogP contribution in [0.25, 0.3) is 10.2 Å². The minimum atomic E-state index is -0.502. The quantitative estimate of drug-likeness (QED) is 0.341. The average Bonchev–Trinajstić information content (AvgIpc) is 3.22. The van der Waals surface area contributed by atoms with Crippen molar-refractivity contribution < 1.29 is 13.9 Å². The fourth-order valence-corrected chi connectivity index (χ4v) is 5.25. The molecule has 152 valence electrons. The van der Waals surface area contributed by atoms with Gasteiger partial charge in [0.15, 0.2) is 10.8 Å². The highest BCUT2D eigenvalue weighted by atomic mass is 35.5. The molecule has 0 atom stereocenters. The Hall–Kier alpha value is -2.16. The molecule has 0 saturated carbocycles. The number of aromatic amines is 1. The monoisotopic (exact) mass is 451 g/mol. The first-order valence-electron chi connectivity index (χ1n) is 9.34. The van der Waals surface area contributed by atoms with Gasteiger partial charge in [0.25, 0.3) is 0 Å². The van der Waals surface area contributed by atoms with Crippen molar-refractivity contribution in [3.63, 3.8) is 0 Å². The molecule has 1 aromatic carbocycles. The number of aromatic nitrogens is 1. The van der Waals surface area contributed by atoms with Crippen LogP contribution in [0.3, 0.4) is 0 Å². The molecule has 5 nitrogen and oxygen atoms in total. The summed E-state index contributed by atoms with van der Waals surface area (Å²) in [5.74, 6) is -0.937. The molecule has 0 aliphatic heterocycles. The molecule has 0 saturated heterocycles. The Labute approximate surface area is 181 Å². The summed E-state index contributed by atoms with van der Waals surface area (Å²) in [5, 5.41) is 7.41. The summed E-state index contributed by atoms with van der Waals surface area (Å²) < 4.78 is 18.6. The van der Waals surface area contributed by atoms with Gasteiger partial charge in [0.2, 0.25) is 0 Å². The molecular formula is C20H19ClFN3O2S2. The second-order valence-electron chi connectivity index (χ2n) is 6.72. The first-order chi connectivity index (χ1) is 14.0. The minimum absolute atomic E-state index is 0.000881. The second-order valence-corrected chi connectivity index (χ2v) is 8.64. The number of fused-ring (bicyclic) bond motifs is 3. The molecule has 0 unspecified atom stereocenters. The normalized spacial score (nSPS) is 13.2. The molecule has 1 aliphatic carbocycles. The fraction of sp³-hybridized carbons (Fsp3) is 0.300. The first-order valence-corrected chi connectivity index (χ1v) is 10.9. The number of carbonyl (C=O) groups is 1. The average molecular weight is 452 g/mol. The molecule has 4 rings (SSSR count). The van der Waals surface area contributed by atoms with Crippen LogP contribution in [-0.4, -0.2) is 22.7 Å². The van der Waals surface area contributed by atoms with Gasteiger partial charge in [-0.15, -0.1) is 11.3 Å². The van der Waals surface area contributed by atoms with Crippen molar-refractivity contribution in [1.82, 2.24) is 4.98 Å². The molecule has 0 amide bonds. The smallest absolute Gasteiger partial charge is 0.356 e. The number of thiophene rings is 1. The van der Waals surface area contributed by atoms with Gasteiger partial charge >= 0.3 is 5.97 Å². The Morgan fingerprint density at radius 1 is 1.34 bits per heavy atom. The zero-order valence-electron chi connectivity index (χ0n) is 15.7. The highest BCUT2D eigenvalue weighted by Gasteiger charge is 2.26. The first kappa shape index (κ1) is 20.1. The Bertz CT molecular complexity index is 1110. The highest BCUT2D eigenvalue weighted by Crippen LogP contribution is 2.42. The van der Waals surface area contributed by atoms with Crippen molar-refractivity contribution in [1.29, 1.82) is 0 Å². The summed E-state index contributed by atoms with van der Waals surface area (Å²) in [7, 11) is 0. The second kappa shape index (κ2) is 8.30. The van der Waals surface area contributed by atoms with E-state index in [9.17, 15) is 9.18 Å². The molecule has 2 aromatic heterocycles. The number of esters is 1. The van der Waals surface area contributed by atoms with Crippen LogP contribution in [-0.2, 0) is 17.6 Å². The Balaban J connectivity index is 1.69. The zero-order chi connectivity index (χ0) is 20.5. The van der Waals surface area contributed by atoms with Gasteiger partial charge in [-0.3, -0.25) is 0 Å². The van der Waals surface area contributed by atoms with Gasteiger partial charge in [-0.1, -0.05) is 11.6 Å². The van der Waals surface area contributed by atoms with Crippen LogP contribution < -0.4 is 10.6 Å². The van der Waals surface area contributed by atoms with Crippen LogP contribution in [0, 0.1) is 5.82 Å². The van der Waals surface area contributed by atoms with E-state index in [1.807, 2.05) is 0 Å². The summed E-state index contributed by atoms with van der Waals surface area (Å²) in [6.07, 6.45) is 4.31. The number of carbonyl (C=O) groups excluding carboxylic acids is 1. The van der Waals surface area contributed by atoms with Gasteiger partial charge in [-0.25, -0.2) is 9.18 Å². The molecule has 3 aromatic rings. The van der Waals surface area contributed by atoms with Gasteiger partial charge < -0.3 is 20.4 Å². The SMILES string of the molecule is CCOC(=O)c1[nH]c2sc3c(c2c1NC(=S)Nc1ccc(F)c(Cl)c1)CCCC3. The van der Waals surface area contributed by atoms with Crippen molar-refractivity contribution in [3.8, 4) is 0 Å². The van der Waals surface area contributed by atoms with Gasteiger partial charge in [-0.2, -0.15) is 0 Å². The lowest BCUT2D eigenvalue weighted by molar-refractivity contribution is 0.0522. The van der Waals surface area contributed by atoms with E-state index < -0.39 is 11.8 Å². The van der Waals surface area contributed by atoms with E-state index in [0.29, 0.717) is 17.1 Å². The number of ether oxygens (including phenoxy) is 1. The number of hydrogen-bond acceptors (Lipinski definition) is 4. The number of rotatable bonds is 4. The van der Waals surface area contributed by atoms with Crippen LogP contribution in [0.4, 0.5) is 15.8 Å². The van der Waals surface area contributed by atoms with Crippen LogP contribution in [0.1, 0.15) is 40.7 Å². The molecule has 2 heterocycles. The number of aryl methyl sites for hydroxylation is 2. The third-order valence-electron chi connectivity index (χ3n) is 4.81. The van der Waals surface area contributed by atoms with Gasteiger partial charge in [-0.05, 0) is 68.6 Å². The van der Waals surface area contributed by atoms with Crippen LogP contribution in [0.5, 0.6) is 0 Å². The highest BCUT2D eigenvalue weighted by molar-refractivity contribution is 7.80. The lowest BCUT2D eigenvalue weighted by Crippen LogP contribution is -2.21. The molecule has 0 bridgehead atoms. The van der Waals surface area contributed by atoms with Crippen molar-refractivity contribution >= 4 is 67.8 Å². The van der Waals surface area contributed by atoms with E-state index in [-0.39, 0.29) is 16.7 Å². The topological polar surface area (TPSA) is 66.2 Å². The number of H-pyrrole nitrogens is 1. The largest absolute Gasteiger partial charge is 0.461 e. The number of halogens is 2. The molecule has 0 radical (unpaired) electrons. The zero-order valence-corrected chi connectivity index (χ0v) is 18.0. The van der Waals surface area contributed by atoms with Gasteiger partial charge in [0, 0.05) is 16.0 Å². The molecule has 0 fully saturated rings. The van der Waals surface area contributed by atoms with Crippen molar-refractivity contribution in [2.75, 3.05) is 17.2 Å². The molecule has 0 spiro atoms. The van der Waals surface area contributed by atoms with E-state index in [1.165, 1.54) is 29.0 Å². The number of nitrogens with one attached hydrogen (secondary N) is 3. The van der Waals surface area contributed by atoms with Crippen molar-refractivity contribution in [3.05, 3.63) is 45.2 Å². The minimum Gasteiger partial charge on any atom is -0.461 e. The number of anilines is 2. The number of thiocarbonyl (C=S) groups is 1. The third kappa shape index (κ3) is 3.97. The summed E-state index contributed by atoms with van der Waals surface area (Å²) >= 11 is 13.0. The maximum Gasteiger partial charge on any atom is 0.356 e. The van der Waals surface area contributed by atoms with Gasteiger partial charge in [0.05, 0.1) is 17.3 Å². The number of hydrogen-bond donors (Lipinski definition) is 3. The molecule has 1 aliphatic rings. The van der Waals surface area contributed by atoms with Gasteiger partial charge in [0.1, 0.15) is 10.6 Å². The Morgan fingerprint density at radius 3 is 2.90 bits per heavy atom. The Morgan fingerprint density at radius 2 is 2.14 bits per heavy atom. The lowest BCUT2D eigenvalue weighted by Gasteiger charge is -2.14. The fourth-order valence-electron chi connectivity index (χ4n) is 3.55. The maximum absolute atomic E-state index is 13.4. The van der Waals surface area contributed by atoms with E-state index in [2.05, 4.69) is 15.6 Å². The van der Waals surface area contributed by atoms with E-state index in [4.69, 9.17) is 28.6 Å². The van der Waals surface area contributed by atoms with Crippen LogP contribution >= 0.6 is 35.2 Å². The van der Waals surface area contributed by atoms with Crippen LogP contribution in [0.2, 0.25) is 5.02 Å². The van der Waals surface area contributed by atoms with Crippen LogP contribution in [0.15, 0.2) is 18.2 Å². The van der Waals surface area contributed by atoms with E-state index >= 15 is 0 Å². The molecule has 9 heteroatoms. The predicted molar refractivity (Wildman–Crippen MR) is 120 cm³/mol. The summed E-state index contributed by atoms with van der Waals surface area (Å²) in [6, 6.07) is 4.26. The third-order valence-corrected chi connectivity index (χ3v) is 6.51.